The maximum Gasteiger partial charge on any atom is 0.159 e. The second-order valence-corrected chi connectivity index (χ2v) is 5.70. The van der Waals surface area contributed by atoms with Gasteiger partial charge in [0.25, 0.3) is 0 Å². The lowest BCUT2D eigenvalue weighted by molar-refractivity contribution is 0.101. The van der Waals surface area contributed by atoms with Gasteiger partial charge in [0.1, 0.15) is 5.75 Å². The number of thioether (sulfide) groups is 1. The van der Waals surface area contributed by atoms with Crippen LogP contribution >= 0.6 is 11.8 Å². The summed E-state index contributed by atoms with van der Waals surface area (Å²) in [7, 11) is 1.68. The minimum Gasteiger partial charge on any atom is -0.496 e. The summed E-state index contributed by atoms with van der Waals surface area (Å²) in [4.78, 5) is 13.8. The summed E-state index contributed by atoms with van der Waals surface area (Å²) in [6, 6.07) is 5.68. The largest absolute Gasteiger partial charge is 0.496 e. The van der Waals surface area contributed by atoms with Crippen molar-refractivity contribution < 1.29 is 9.53 Å². The van der Waals surface area contributed by atoms with E-state index in [1.807, 2.05) is 30.0 Å². The topological polar surface area (TPSA) is 29.5 Å². The Balaban J connectivity index is 2.17. The third kappa shape index (κ3) is 3.27. The van der Waals surface area contributed by atoms with Crippen molar-refractivity contribution >= 4 is 17.5 Å². The molecule has 4 heteroatoms. The number of methoxy groups -OCH3 is 1. The molecule has 0 unspecified atom stereocenters. The summed E-state index contributed by atoms with van der Waals surface area (Å²) in [6.45, 7) is 4.68. The van der Waals surface area contributed by atoms with E-state index in [2.05, 4.69) is 4.90 Å². The third-order valence-electron chi connectivity index (χ3n) is 3.18. The molecule has 0 atom stereocenters. The summed E-state index contributed by atoms with van der Waals surface area (Å²) in [5.41, 5.74) is 1.87. The number of nitrogens with zero attached hydrogens (tertiary/aromatic N) is 1. The molecule has 1 fully saturated rings. The smallest absolute Gasteiger partial charge is 0.159 e. The first-order valence-electron chi connectivity index (χ1n) is 6.18. The van der Waals surface area contributed by atoms with E-state index in [0.717, 1.165) is 36.5 Å². The lowest BCUT2D eigenvalue weighted by Gasteiger charge is -2.26. The van der Waals surface area contributed by atoms with Gasteiger partial charge in [0, 0.05) is 42.3 Å². The summed E-state index contributed by atoms with van der Waals surface area (Å²) in [5, 5.41) is 0. The Labute approximate surface area is 113 Å². The van der Waals surface area contributed by atoms with Crippen molar-refractivity contribution in [3.05, 3.63) is 29.3 Å². The molecule has 0 radical (unpaired) electrons. The van der Waals surface area contributed by atoms with Gasteiger partial charge >= 0.3 is 0 Å². The Hall–Kier alpha value is -1.00. The van der Waals surface area contributed by atoms with Gasteiger partial charge in [-0.05, 0) is 25.1 Å². The van der Waals surface area contributed by atoms with Gasteiger partial charge in [-0.2, -0.15) is 11.8 Å². The number of hydrogen-bond donors (Lipinski definition) is 0. The molecular formula is C14H19NO2S. The van der Waals surface area contributed by atoms with Gasteiger partial charge in [-0.1, -0.05) is 0 Å². The van der Waals surface area contributed by atoms with Crippen LogP contribution in [-0.2, 0) is 6.54 Å². The average Bonchev–Trinajstić information content (AvgIpc) is 2.39. The molecule has 0 spiro atoms. The number of ether oxygens (including phenoxy) is 1. The van der Waals surface area contributed by atoms with Gasteiger partial charge in [0.15, 0.2) is 5.78 Å². The molecule has 1 saturated heterocycles. The fourth-order valence-electron chi connectivity index (χ4n) is 2.12. The van der Waals surface area contributed by atoms with Gasteiger partial charge in [0.2, 0.25) is 0 Å². The van der Waals surface area contributed by atoms with Crippen LogP contribution in [0, 0.1) is 0 Å². The first-order valence-corrected chi connectivity index (χ1v) is 7.34. The second kappa shape index (κ2) is 6.25. The number of carbonyl (C=O) groups is 1. The van der Waals surface area contributed by atoms with Crippen LogP contribution < -0.4 is 4.74 Å². The predicted octanol–water partition coefficient (Wildman–Crippen LogP) is 2.45. The van der Waals surface area contributed by atoms with Crippen molar-refractivity contribution in [2.75, 3.05) is 31.7 Å². The van der Waals surface area contributed by atoms with Crippen molar-refractivity contribution in [1.29, 1.82) is 0 Å². The zero-order chi connectivity index (χ0) is 13.0. The summed E-state index contributed by atoms with van der Waals surface area (Å²) < 4.78 is 5.38. The average molecular weight is 265 g/mol. The van der Waals surface area contributed by atoms with Gasteiger partial charge < -0.3 is 4.74 Å². The van der Waals surface area contributed by atoms with E-state index in [0.29, 0.717) is 0 Å². The molecule has 0 aromatic heterocycles. The Bertz CT molecular complexity index is 428. The van der Waals surface area contributed by atoms with E-state index >= 15 is 0 Å². The number of hydrogen-bond acceptors (Lipinski definition) is 4. The van der Waals surface area contributed by atoms with Crippen LogP contribution in [0.2, 0.25) is 0 Å². The van der Waals surface area contributed by atoms with Gasteiger partial charge in [0.05, 0.1) is 7.11 Å². The molecular weight excluding hydrogens is 246 g/mol. The molecule has 0 amide bonds. The second-order valence-electron chi connectivity index (χ2n) is 4.47. The number of ketones is 1. The predicted molar refractivity (Wildman–Crippen MR) is 75.6 cm³/mol. The van der Waals surface area contributed by atoms with Crippen LogP contribution in [0.5, 0.6) is 5.75 Å². The first-order chi connectivity index (χ1) is 8.70. The van der Waals surface area contributed by atoms with Gasteiger partial charge in [-0.15, -0.1) is 0 Å². The molecule has 1 aromatic rings. The van der Waals surface area contributed by atoms with Gasteiger partial charge in [-0.25, -0.2) is 0 Å². The van der Waals surface area contributed by atoms with E-state index in [9.17, 15) is 4.79 Å². The molecule has 18 heavy (non-hydrogen) atoms. The maximum absolute atomic E-state index is 11.4. The van der Waals surface area contributed by atoms with E-state index in [1.165, 1.54) is 11.5 Å². The quantitative estimate of drug-likeness (QED) is 0.782. The normalized spacial score (nSPS) is 16.6. The molecule has 0 N–H and O–H groups in total. The maximum atomic E-state index is 11.4. The number of carbonyl (C=O) groups excluding carboxylic acids is 1. The van der Waals surface area contributed by atoms with Crippen LogP contribution in [0.25, 0.3) is 0 Å². The first kappa shape index (κ1) is 13.4. The Kier molecular flexibility index (Phi) is 4.66. The van der Waals surface area contributed by atoms with Crippen LogP contribution in [0.15, 0.2) is 18.2 Å². The highest BCUT2D eigenvalue weighted by Gasteiger charge is 2.14. The SMILES string of the molecule is COc1ccc(C(C)=O)cc1CN1CCSCC1. The Morgan fingerprint density at radius 1 is 1.39 bits per heavy atom. The zero-order valence-electron chi connectivity index (χ0n) is 10.9. The number of rotatable bonds is 4. The minimum atomic E-state index is 0.105. The third-order valence-corrected chi connectivity index (χ3v) is 4.13. The van der Waals surface area contributed by atoms with Crippen LogP contribution in [-0.4, -0.2) is 42.4 Å². The summed E-state index contributed by atoms with van der Waals surface area (Å²) >= 11 is 2.00. The molecule has 0 bridgehead atoms. The summed E-state index contributed by atoms with van der Waals surface area (Å²) in [6.07, 6.45) is 0. The highest BCUT2D eigenvalue weighted by molar-refractivity contribution is 7.99. The van der Waals surface area contributed by atoms with Crippen LogP contribution in [0.3, 0.4) is 0 Å². The lowest BCUT2D eigenvalue weighted by atomic mass is 10.1. The van der Waals surface area contributed by atoms with E-state index in [4.69, 9.17) is 4.74 Å². The molecule has 0 saturated carbocycles. The lowest BCUT2D eigenvalue weighted by Crippen LogP contribution is -2.32. The Morgan fingerprint density at radius 2 is 2.11 bits per heavy atom. The van der Waals surface area contributed by atoms with Crippen molar-refractivity contribution in [2.45, 2.75) is 13.5 Å². The van der Waals surface area contributed by atoms with E-state index in [1.54, 1.807) is 14.0 Å². The molecule has 0 aliphatic carbocycles. The highest BCUT2D eigenvalue weighted by Crippen LogP contribution is 2.23. The number of benzene rings is 1. The zero-order valence-corrected chi connectivity index (χ0v) is 11.8. The van der Waals surface area contributed by atoms with Crippen molar-refractivity contribution in [3.63, 3.8) is 0 Å². The van der Waals surface area contributed by atoms with Crippen molar-refractivity contribution in [3.8, 4) is 5.75 Å². The van der Waals surface area contributed by atoms with E-state index < -0.39 is 0 Å². The van der Waals surface area contributed by atoms with Gasteiger partial charge in [-0.3, -0.25) is 9.69 Å². The molecule has 2 rings (SSSR count). The fourth-order valence-corrected chi connectivity index (χ4v) is 3.10. The molecule has 1 aliphatic rings. The molecule has 1 aromatic carbocycles. The van der Waals surface area contributed by atoms with E-state index in [-0.39, 0.29) is 5.78 Å². The monoisotopic (exact) mass is 265 g/mol. The molecule has 1 heterocycles. The Morgan fingerprint density at radius 3 is 2.72 bits per heavy atom. The van der Waals surface area contributed by atoms with Crippen LogP contribution in [0.1, 0.15) is 22.8 Å². The molecule has 1 aliphatic heterocycles. The standard InChI is InChI=1S/C14H19NO2S/c1-11(16)12-3-4-14(17-2)13(9-12)10-15-5-7-18-8-6-15/h3-4,9H,5-8,10H2,1-2H3. The molecule has 3 nitrogen and oxygen atoms in total. The summed E-state index contributed by atoms with van der Waals surface area (Å²) in [5.74, 6) is 3.36. The number of Topliss-reactive ketones (excluding diaryl/α,β-unsaturated/α-hetero) is 1. The van der Waals surface area contributed by atoms with Crippen molar-refractivity contribution in [1.82, 2.24) is 4.90 Å². The fraction of sp³-hybridized carbons (Fsp3) is 0.500. The highest BCUT2D eigenvalue weighted by atomic mass is 32.2. The van der Waals surface area contributed by atoms with Crippen molar-refractivity contribution in [2.24, 2.45) is 0 Å². The minimum absolute atomic E-state index is 0.105. The molecule has 98 valence electrons. The van der Waals surface area contributed by atoms with Crippen LogP contribution in [0.4, 0.5) is 0 Å².